The third kappa shape index (κ3) is 57.2. The molecule has 6 rings (SSSR count). The molecule has 0 N–H and O–H groups in total. The Hall–Kier alpha value is -6.36. The Morgan fingerprint density at radius 2 is 0.388 bits per heavy atom. The Labute approximate surface area is 851 Å². The summed E-state index contributed by atoms with van der Waals surface area (Å²) in [5.74, 6) is -1.79. The van der Waals surface area contributed by atoms with Gasteiger partial charge in [-0.2, -0.15) is 0 Å². The summed E-state index contributed by atoms with van der Waals surface area (Å²) in [7, 11) is 0. The highest BCUT2D eigenvalue weighted by Crippen LogP contribution is 2.44. The Morgan fingerprint density at radius 1 is 0.201 bits per heavy atom. The lowest BCUT2D eigenvalue weighted by Gasteiger charge is -2.41. The third-order valence-corrected chi connectivity index (χ3v) is 28.9. The van der Waals surface area contributed by atoms with Gasteiger partial charge in [-0.15, -0.1) is 0 Å². The normalized spacial score (nSPS) is 16.1. The van der Waals surface area contributed by atoms with Gasteiger partial charge in [0.25, 0.3) is 0 Å². The minimum absolute atomic E-state index is 0.189. The Morgan fingerprint density at radius 3 is 0.604 bits per heavy atom. The van der Waals surface area contributed by atoms with Gasteiger partial charge < -0.3 is 56.8 Å². The van der Waals surface area contributed by atoms with Crippen molar-refractivity contribution >= 4 is 71.6 Å². The van der Waals surface area contributed by atoms with Crippen molar-refractivity contribution in [2.24, 2.45) is 68.0 Å². The predicted octanol–water partition coefficient (Wildman–Crippen LogP) is 29.8. The molecule has 0 spiro atoms. The fourth-order valence-corrected chi connectivity index (χ4v) is 16.1. The van der Waals surface area contributed by atoms with E-state index in [1.54, 1.807) is 13.8 Å². The van der Waals surface area contributed by atoms with E-state index < -0.39 is 95.9 Å². The van der Waals surface area contributed by atoms with Crippen molar-refractivity contribution in [1.29, 1.82) is 0 Å². The number of ether oxygens (including phenoxy) is 12. The molecule has 6 saturated carbocycles. The van der Waals surface area contributed by atoms with E-state index in [0.29, 0.717) is 80.5 Å². The highest BCUT2D eigenvalue weighted by atomic mass is 16.6. The van der Waals surface area contributed by atoms with Gasteiger partial charge in [-0.1, -0.05) is 235 Å². The van der Waals surface area contributed by atoms with Gasteiger partial charge >= 0.3 is 71.6 Å². The first-order valence-corrected chi connectivity index (χ1v) is 55.2. The third-order valence-electron chi connectivity index (χ3n) is 28.9. The number of esters is 12. The molecule has 0 saturated heterocycles. The summed E-state index contributed by atoms with van der Waals surface area (Å²) in [6, 6.07) is 0. The molecule has 0 radical (unpaired) electrons. The molecule has 0 amide bonds. The second-order valence-electron chi connectivity index (χ2n) is 42.8. The number of hydrogen-bond donors (Lipinski definition) is 0. The van der Waals surface area contributed by atoms with E-state index in [1.807, 2.05) is 263 Å². The van der Waals surface area contributed by atoms with E-state index in [4.69, 9.17) is 56.8 Å². The Kier molecular flexibility index (Phi) is 76.0. The minimum atomic E-state index is -0.559. The number of hydrogen-bond acceptors (Lipinski definition) is 24. The van der Waals surface area contributed by atoms with Crippen LogP contribution in [0.25, 0.3) is 0 Å². The van der Waals surface area contributed by atoms with E-state index >= 15 is 0 Å². The Balaban J connectivity index is -0.000000373. The molecule has 1 atom stereocenters. The molecule has 6 aliphatic rings. The maximum Gasteiger partial charge on any atom is 0.344 e. The summed E-state index contributed by atoms with van der Waals surface area (Å²) in [6.45, 7) is 80.1. The molecular weight excluding hydrogens is 1770 g/mol. The zero-order valence-electron chi connectivity index (χ0n) is 97.7. The van der Waals surface area contributed by atoms with Crippen molar-refractivity contribution < 1.29 is 114 Å². The van der Waals surface area contributed by atoms with Crippen LogP contribution in [0.3, 0.4) is 0 Å². The highest BCUT2D eigenvalue weighted by Gasteiger charge is 2.45. The predicted molar refractivity (Wildman–Crippen MR) is 563 cm³/mol. The molecule has 0 heterocycles. The van der Waals surface area contributed by atoms with Crippen molar-refractivity contribution in [1.82, 2.24) is 0 Å². The maximum atomic E-state index is 12.2. The van der Waals surface area contributed by atoms with Crippen LogP contribution in [-0.2, 0) is 114 Å². The summed E-state index contributed by atoms with van der Waals surface area (Å²) < 4.78 is 64.3. The lowest BCUT2D eigenvalue weighted by molar-refractivity contribution is -0.180. The molecule has 6 aliphatic carbocycles. The number of rotatable bonds is 41. The molecule has 0 aromatic carbocycles. The van der Waals surface area contributed by atoms with Gasteiger partial charge in [0.1, 0.15) is 33.6 Å². The van der Waals surface area contributed by atoms with Crippen LogP contribution in [-0.4, -0.2) is 145 Å². The van der Waals surface area contributed by atoms with Gasteiger partial charge in [0, 0.05) is 6.42 Å². The zero-order valence-corrected chi connectivity index (χ0v) is 97.7. The van der Waals surface area contributed by atoms with E-state index in [9.17, 15) is 57.5 Å². The molecule has 24 heteroatoms. The molecule has 24 nitrogen and oxygen atoms in total. The average Bonchev–Trinajstić information content (AvgIpc) is 1.80. The number of carbonyl (C=O) groups excluding carboxylic acids is 12. The SMILES string of the molecule is CC.CC.CC.CC.CC.CC.CCC(C)(C)C(=O)OCC(=O)OC(C)(C)C1CC1.CCC(C)(C)C(=O)OCC(=O)OC(C)(C)C1CCCC1.CCC(C)(C)C(=O)OCC(=O)OC(C)(C)C1CCCCC1.CCC(C)(C)C(=O)OCC(=O)OC(C)(CC)C1CCCCC1.CCC(C)(C)C(=O)OCC(=O)OC(CC)(CC)C1CCCCC1.CCC(C)(C)C(=O)OCCCC(=O)OC(C)(C)C1CCCCC1. The maximum absolute atomic E-state index is 12.2. The smallest absolute Gasteiger partial charge is 0.344 e. The summed E-state index contributed by atoms with van der Waals surface area (Å²) in [5.41, 5.74) is -5.86. The first-order chi connectivity index (χ1) is 64.8. The molecule has 0 aromatic rings. The van der Waals surface area contributed by atoms with Gasteiger partial charge in [-0.25, -0.2) is 24.0 Å². The van der Waals surface area contributed by atoms with Gasteiger partial charge in [-0.3, -0.25) is 33.6 Å². The number of carbonyl (C=O) groups is 12. The molecule has 0 aliphatic heterocycles. The van der Waals surface area contributed by atoms with Crippen LogP contribution >= 0.6 is 0 Å². The Bertz CT molecular complexity index is 3330. The highest BCUT2D eigenvalue weighted by molar-refractivity contribution is 5.83. The van der Waals surface area contributed by atoms with E-state index in [2.05, 4.69) is 13.8 Å². The monoisotopic (exact) mass is 1980 g/mol. The van der Waals surface area contributed by atoms with Crippen LogP contribution in [0.4, 0.5) is 0 Å². The van der Waals surface area contributed by atoms with Gasteiger partial charge in [0.05, 0.1) is 39.1 Å². The van der Waals surface area contributed by atoms with Gasteiger partial charge in [-0.05, 0) is 322 Å². The molecule has 1 unspecified atom stereocenters. The topological polar surface area (TPSA) is 316 Å². The standard InChI is InChI=1S/2C19H34O4.C18H32O4.C17H30O4.C16H28O4.C14H24O4.6C2H6/c1-6-18(2,3)17(21)22-14-10-13-16(20)23-19(4,5)15-11-8-7-9-12-15;1-6-18(4,5)17(21)22-14-16(20)23-19(7-2,8-3)15-12-10-9-11-13-15;1-6-17(3,4)16(20)21-13-15(19)22-18(5,7-2)14-11-9-8-10-12-14;1-6-16(2,3)15(19)20-12-14(18)21-17(4,5)13-10-8-7-9-11-13;1-6-15(2,3)14(18)19-11-13(17)20-16(4,5)12-9-7-8-10-12;1-6-13(2,3)12(16)17-9-11(15)18-14(4,5)10-7-8-10;6*1-2/h2*15H,6-14H2,1-5H3;14H,6-13H2,1-5H3;13H,6-12H2,1-5H3;12H,6-11H2,1-5H3;10H,6-9H2,1-5H3;6*1-2H3. The van der Waals surface area contributed by atoms with Crippen molar-refractivity contribution in [2.45, 2.75) is 562 Å². The van der Waals surface area contributed by atoms with Crippen LogP contribution in [0.2, 0.25) is 0 Å². The van der Waals surface area contributed by atoms with E-state index in [-0.39, 0.29) is 81.4 Å². The first kappa shape index (κ1) is 143. The van der Waals surface area contributed by atoms with Crippen LogP contribution in [0.5, 0.6) is 0 Å². The zero-order chi connectivity index (χ0) is 109. The van der Waals surface area contributed by atoms with Crippen LogP contribution in [0.1, 0.15) is 528 Å². The van der Waals surface area contributed by atoms with E-state index in [0.717, 1.165) is 103 Å². The average molecular weight is 1980 g/mol. The quantitative estimate of drug-likeness (QED) is 0.0312. The second kappa shape index (κ2) is 73.7. The minimum Gasteiger partial charge on any atom is -0.465 e. The van der Waals surface area contributed by atoms with E-state index in [1.165, 1.54) is 89.9 Å². The fourth-order valence-electron chi connectivity index (χ4n) is 16.1. The summed E-state index contributed by atoms with van der Waals surface area (Å²) in [5, 5.41) is 0. The first-order valence-electron chi connectivity index (χ1n) is 55.2. The van der Waals surface area contributed by atoms with Crippen molar-refractivity contribution in [3.05, 3.63) is 0 Å². The van der Waals surface area contributed by atoms with Gasteiger partial charge in [0.2, 0.25) is 0 Å². The molecular formula is C115H218O24. The molecule has 0 bridgehead atoms. The molecule has 6 fully saturated rings. The molecule has 822 valence electrons. The lowest BCUT2D eigenvalue weighted by Crippen LogP contribution is -2.43. The van der Waals surface area contributed by atoms with Crippen LogP contribution in [0.15, 0.2) is 0 Å². The summed E-state index contributed by atoms with van der Waals surface area (Å²) in [6.07, 6.45) is 37.9. The van der Waals surface area contributed by atoms with Crippen molar-refractivity contribution in [3.8, 4) is 0 Å². The molecule has 139 heavy (non-hydrogen) atoms. The summed E-state index contributed by atoms with van der Waals surface area (Å²) >= 11 is 0. The second-order valence-corrected chi connectivity index (χ2v) is 42.8. The largest absolute Gasteiger partial charge is 0.465 e. The molecule has 0 aromatic heterocycles. The van der Waals surface area contributed by atoms with Crippen LogP contribution in [0, 0.1) is 68.0 Å². The lowest BCUT2D eigenvalue weighted by atomic mass is 9.74. The van der Waals surface area contributed by atoms with Crippen molar-refractivity contribution in [2.75, 3.05) is 39.6 Å². The van der Waals surface area contributed by atoms with Gasteiger partial charge in [0.15, 0.2) is 33.0 Å². The van der Waals surface area contributed by atoms with Crippen molar-refractivity contribution in [3.63, 3.8) is 0 Å². The fraction of sp³-hybridized carbons (Fsp3) is 0.896. The van der Waals surface area contributed by atoms with Crippen LogP contribution < -0.4 is 0 Å². The summed E-state index contributed by atoms with van der Waals surface area (Å²) in [4.78, 5) is 143.